The van der Waals surface area contributed by atoms with Gasteiger partial charge < -0.3 is 15.2 Å². The van der Waals surface area contributed by atoms with E-state index in [0.29, 0.717) is 5.02 Å². The summed E-state index contributed by atoms with van der Waals surface area (Å²) in [5.74, 6) is -1.74. The van der Waals surface area contributed by atoms with Gasteiger partial charge in [-0.05, 0) is 12.1 Å². The van der Waals surface area contributed by atoms with Gasteiger partial charge in [0, 0.05) is 11.1 Å². The number of carboxylic acids is 1. The van der Waals surface area contributed by atoms with Crippen LogP contribution in [-0.4, -0.2) is 35.3 Å². The topological polar surface area (TPSA) is 102 Å². The van der Waals surface area contributed by atoms with Gasteiger partial charge in [-0.1, -0.05) is 11.6 Å². The first-order valence-electron chi connectivity index (χ1n) is 5.50. The minimum Gasteiger partial charge on any atom is -0.481 e. The van der Waals surface area contributed by atoms with Crippen LogP contribution in [0.25, 0.3) is 0 Å². The summed E-state index contributed by atoms with van der Waals surface area (Å²) in [5.41, 5.74) is 0.0414. The van der Waals surface area contributed by atoms with E-state index in [1.807, 2.05) is 0 Å². The number of nitro groups is 1. The minimum absolute atomic E-state index is 0.0847. The third-order valence-corrected chi connectivity index (χ3v) is 3.13. The van der Waals surface area contributed by atoms with Crippen molar-refractivity contribution in [3.63, 3.8) is 0 Å². The first-order valence-corrected chi connectivity index (χ1v) is 5.88. The molecule has 1 aromatic carbocycles. The molecule has 2 rings (SSSR count). The van der Waals surface area contributed by atoms with Gasteiger partial charge >= 0.3 is 5.97 Å². The van der Waals surface area contributed by atoms with Crippen molar-refractivity contribution >= 4 is 28.9 Å². The highest BCUT2D eigenvalue weighted by molar-refractivity contribution is 6.31. The van der Waals surface area contributed by atoms with E-state index in [2.05, 4.69) is 5.32 Å². The number of aliphatic carboxylic acids is 1. The van der Waals surface area contributed by atoms with Gasteiger partial charge in [-0.2, -0.15) is 0 Å². The lowest BCUT2D eigenvalue weighted by Gasteiger charge is -2.17. The summed E-state index contributed by atoms with van der Waals surface area (Å²) < 4.78 is 5.09. The van der Waals surface area contributed by atoms with Crippen LogP contribution in [0.1, 0.15) is 0 Å². The summed E-state index contributed by atoms with van der Waals surface area (Å²) in [6.07, 6.45) is 0. The molecule has 8 heteroatoms. The van der Waals surface area contributed by atoms with E-state index in [1.165, 1.54) is 18.2 Å². The van der Waals surface area contributed by atoms with Crippen molar-refractivity contribution in [2.75, 3.05) is 18.5 Å². The van der Waals surface area contributed by atoms with E-state index < -0.39 is 22.9 Å². The average molecular weight is 287 g/mol. The van der Waals surface area contributed by atoms with E-state index in [4.69, 9.17) is 21.4 Å². The summed E-state index contributed by atoms with van der Waals surface area (Å²) in [4.78, 5) is 21.4. The molecule has 1 saturated heterocycles. The highest BCUT2D eigenvalue weighted by Gasteiger charge is 2.35. The van der Waals surface area contributed by atoms with Gasteiger partial charge in [-0.15, -0.1) is 0 Å². The van der Waals surface area contributed by atoms with Crippen molar-refractivity contribution < 1.29 is 19.6 Å². The van der Waals surface area contributed by atoms with Crippen molar-refractivity contribution in [2.24, 2.45) is 5.92 Å². The minimum atomic E-state index is -1.00. The molecule has 19 heavy (non-hydrogen) atoms. The van der Waals surface area contributed by atoms with Crippen molar-refractivity contribution in [3.8, 4) is 0 Å². The third kappa shape index (κ3) is 2.94. The molecule has 2 unspecified atom stereocenters. The Labute approximate surface area is 113 Å². The van der Waals surface area contributed by atoms with Crippen LogP contribution in [0, 0.1) is 16.0 Å². The molecular weight excluding hydrogens is 276 g/mol. The number of anilines is 1. The predicted octanol–water partition coefficient (Wildman–Crippen LogP) is 1.76. The lowest BCUT2D eigenvalue weighted by Crippen LogP contribution is -2.33. The monoisotopic (exact) mass is 286 g/mol. The number of nitro benzene ring substituents is 1. The second-order valence-corrected chi connectivity index (χ2v) is 4.59. The molecule has 0 spiro atoms. The van der Waals surface area contributed by atoms with E-state index >= 15 is 0 Å². The zero-order valence-corrected chi connectivity index (χ0v) is 10.5. The summed E-state index contributed by atoms with van der Waals surface area (Å²) in [5, 5.41) is 23.1. The average Bonchev–Trinajstić information content (AvgIpc) is 2.76. The molecule has 0 aliphatic carbocycles. The summed E-state index contributed by atoms with van der Waals surface area (Å²) >= 11 is 5.80. The molecule has 102 valence electrons. The van der Waals surface area contributed by atoms with E-state index in [1.54, 1.807) is 0 Å². The first-order chi connectivity index (χ1) is 8.99. The van der Waals surface area contributed by atoms with Crippen LogP contribution in [0.3, 0.4) is 0 Å². The van der Waals surface area contributed by atoms with Crippen LogP contribution in [0.15, 0.2) is 18.2 Å². The van der Waals surface area contributed by atoms with Crippen molar-refractivity contribution in [3.05, 3.63) is 33.3 Å². The maximum absolute atomic E-state index is 11.0. The van der Waals surface area contributed by atoms with Gasteiger partial charge in [0.1, 0.15) is 11.6 Å². The highest BCUT2D eigenvalue weighted by atomic mass is 35.5. The Bertz CT molecular complexity index is 522. The maximum atomic E-state index is 11.0. The molecule has 0 amide bonds. The van der Waals surface area contributed by atoms with E-state index in [-0.39, 0.29) is 24.6 Å². The summed E-state index contributed by atoms with van der Waals surface area (Å²) in [7, 11) is 0. The van der Waals surface area contributed by atoms with Crippen LogP contribution in [0.2, 0.25) is 5.02 Å². The molecule has 0 aromatic heterocycles. The number of carbonyl (C=O) groups is 1. The molecule has 0 radical (unpaired) electrons. The van der Waals surface area contributed by atoms with Crippen LogP contribution in [0.4, 0.5) is 11.4 Å². The number of nitrogens with one attached hydrogen (secondary N) is 1. The van der Waals surface area contributed by atoms with Crippen LogP contribution in [0.5, 0.6) is 0 Å². The molecule has 1 aliphatic rings. The van der Waals surface area contributed by atoms with Gasteiger partial charge in [-0.3, -0.25) is 14.9 Å². The van der Waals surface area contributed by atoms with Crippen LogP contribution >= 0.6 is 11.6 Å². The first kappa shape index (κ1) is 13.6. The Hall–Kier alpha value is -1.86. The SMILES string of the molecule is O=C(O)C1COCC1Nc1cc(Cl)ccc1[N+](=O)[O-]. The predicted molar refractivity (Wildman–Crippen MR) is 67.5 cm³/mol. The fourth-order valence-corrected chi connectivity index (χ4v) is 2.09. The Morgan fingerprint density at radius 2 is 2.26 bits per heavy atom. The maximum Gasteiger partial charge on any atom is 0.311 e. The molecule has 2 N–H and O–H groups in total. The Balaban J connectivity index is 2.25. The van der Waals surface area contributed by atoms with Gasteiger partial charge in [0.25, 0.3) is 5.69 Å². The highest BCUT2D eigenvalue weighted by Crippen LogP contribution is 2.30. The fraction of sp³-hybridized carbons (Fsp3) is 0.364. The second kappa shape index (κ2) is 5.41. The van der Waals surface area contributed by atoms with Crippen molar-refractivity contribution in [1.82, 2.24) is 0 Å². The molecule has 1 heterocycles. The standard InChI is InChI=1S/C11H11ClN2O5/c12-6-1-2-10(14(17)18)8(3-6)13-9-5-19-4-7(9)11(15)16/h1-3,7,9,13H,4-5H2,(H,15,16). The van der Waals surface area contributed by atoms with Crippen LogP contribution in [-0.2, 0) is 9.53 Å². The number of ether oxygens (including phenoxy) is 1. The lowest BCUT2D eigenvalue weighted by atomic mass is 10.0. The Morgan fingerprint density at radius 3 is 2.89 bits per heavy atom. The largest absolute Gasteiger partial charge is 0.481 e. The molecular formula is C11H11ClN2O5. The fourth-order valence-electron chi connectivity index (χ4n) is 1.92. The summed E-state index contributed by atoms with van der Waals surface area (Å²) in [6, 6.07) is 3.56. The van der Waals surface area contributed by atoms with E-state index in [9.17, 15) is 14.9 Å². The lowest BCUT2D eigenvalue weighted by molar-refractivity contribution is -0.384. The molecule has 7 nitrogen and oxygen atoms in total. The summed E-state index contributed by atoms with van der Waals surface area (Å²) in [6.45, 7) is 0.266. The number of hydrogen-bond donors (Lipinski definition) is 2. The number of carboxylic acid groups (broad SMARTS) is 1. The molecule has 1 aliphatic heterocycles. The van der Waals surface area contributed by atoms with Gasteiger partial charge in [0.05, 0.1) is 24.2 Å². The van der Waals surface area contributed by atoms with E-state index in [0.717, 1.165) is 0 Å². The van der Waals surface area contributed by atoms with Crippen LogP contribution < -0.4 is 5.32 Å². The number of benzene rings is 1. The number of nitrogens with zero attached hydrogens (tertiary/aromatic N) is 1. The quantitative estimate of drug-likeness (QED) is 0.646. The zero-order chi connectivity index (χ0) is 14.0. The normalized spacial score (nSPS) is 22.2. The Kier molecular flexibility index (Phi) is 3.87. The number of hydrogen-bond acceptors (Lipinski definition) is 5. The van der Waals surface area contributed by atoms with Gasteiger partial charge in [-0.25, -0.2) is 0 Å². The van der Waals surface area contributed by atoms with Crippen molar-refractivity contribution in [2.45, 2.75) is 6.04 Å². The second-order valence-electron chi connectivity index (χ2n) is 4.15. The number of rotatable bonds is 4. The smallest absolute Gasteiger partial charge is 0.311 e. The van der Waals surface area contributed by atoms with Gasteiger partial charge in [0.2, 0.25) is 0 Å². The third-order valence-electron chi connectivity index (χ3n) is 2.89. The zero-order valence-electron chi connectivity index (χ0n) is 9.71. The molecule has 1 fully saturated rings. The Morgan fingerprint density at radius 1 is 1.53 bits per heavy atom. The molecule has 0 bridgehead atoms. The molecule has 1 aromatic rings. The number of halogens is 1. The molecule has 0 saturated carbocycles. The molecule has 2 atom stereocenters. The van der Waals surface area contributed by atoms with Crippen molar-refractivity contribution in [1.29, 1.82) is 0 Å². The van der Waals surface area contributed by atoms with Gasteiger partial charge in [0.15, 0.2) is 0 Å².